The molecule has 0 spiro atoms. The standard InChI is InChI=1S/C16H23FNO/c1-13(2)11-18-10-4-3-9-16(19,12-18)14-5-7-15(17)8-6-14/h5-8,19H,3-4,9-12H2,1-2H3. The lowest BCUT2D eigenvalue weighted by atomic mass is 9.89. The average molecular weight is 264 g/mol. The van der Waals surface area contributed by atoms with Crippen LogP contribution in [0.15, 0.2) is 24.3 Å². The largest absolute Gasteiger partial charge is 0.384 e. The van der Waals surface area contributed by atoms with Gasteiger partial charge in [-0.1, -0.05) is 26.0 Å². The van der Waals surface area contributed by atoms with Crippen molar-refractivity contribution < 1.29 is 9.50 Å². The summed E-state index contributed by atoms with van der Waals surface area (Å²) in [7, 11) is 0. The number of halogens is 1. The number of benzene rings is 1. The molecule has 1 aliphatic heterocycles. The highest BCUT2D eigenvalue weighted by atomic mass is 19.1. The van der Waals surface area contributed by atoms with E-state index in [2.05, 4.69) is 18.7 Å². The molecule has 1 N–H and O–H groups in total. The summed E-state index contributed by atoms with van der Waals surface area (Å²) in [6.07, 6.45) is 2.86. The van der Waals surface area contributed by atoms with E-state index in [-0.39, 0.29) is 5.82 Å². The van der Waals surface area contributed by atoms with Crippen LogP contribution >= 0.6 is 0 Å². The van der Waals surface area contributed by atoms with Crippen molar-refractivity contribution in [2.24, 2.45) is 0 Å². The second kappa shape index (κ2) is 6.02. The maximum Gasteiger partial charge on any atom is 0.123 e. The lowest BCUT2D eigenvalue weighted by Gasteiger charge is -2.33. The van der Waals surface area contributed by atoms with Gasteiger partial charge in [0, 0.05) is 13.1 Å². The average Bonchev–Trinajstić information content (AvgIpc) is 2.52. The molecule has 1 aliphatic rings. The molecule has 0 bridgehead atoms. The van der Waals surface area contributed by atoms with Crippen molar-refractivity contribution in [2.45, 2.75) is 38.7 Å². The predicted octanol–water partition coefficient (Wildman–Crippen LogP) is 3.11. The van der Waals surface area contributed by atoms with Gasteiger partial charge in [-0.2, -0.15) is 0 Å². The van der Waals surface area contributed by atoms with Crippen molar-refractivity contribution in [3.8, 4) is 0 Å². The molecule has 19 heavy (non-hydrogen) atoms. The van der Waals surface area contributed by atoms with Gasteiger partial charge in [0.05, 0.1) is 0 Å². The van der Waals surface area contributed by atoms with Gasteiger partial charge in [0.1, 0.15) is 11.4 Å². The molecule has 1 radical (unpaired) electrons. The normalized spacial score (nSPS) is 25.5. The van der Waals surface area contributed by atoms with Crippen LogP contribution < -0.4 is 0 Å². The first kappa shape index (κ1) is 14.5. The number of hydrogen-bond acceptors (Lipinski definition) is 2. The minimum Gasteiger partial charge on any atom is -0.384 e. The summed E-state index contributed by atoms with van der Waals surface area (Å²) in [4.78, 5) is 2.30. The second-order valence-corrected chi connectivity index (χ2v) is 5.91. The van der Waals surface area contributed by atoms with E-state index in [4.69, 9.17) is 0 Å². The number of likely N-dealkylation sites (tertiary alicyclic amines) is 1. The quantitative estimate of drug-likeness (QED) is 0.906. The van der Waals surface area contributed by atoms with Gasteiger partial charge in [0.25, 0.3) is 0 Å². The fourth-order valence-electron chi connectivity index (χ4n) is 2.86. The van der Waals surface area contributed by atoms with Gasteiger partial charge >= 0.3 is 0 Å². The highest BCUT2D eigenvalue weighted by molar-refractivity contribution is 5.24. The van der Waals surface area contributed by atoms with E-state index in [0.29, 0.717) is 6.54 Å². The van der Waals surface area contributed by atoms with Gasteiger partial charge in [-0.15, -0.1) is 0 Å². The first-order chi connectivity index (χ1) is 8.99. The van der Waals surface area contributed by atoms with E-state index in [1.54, 1.807) is 12.1 Å². The molecule has 1 heterocycles. The molecule has 0 aliphatic carbocycles. The van der Waals surface area contributed by atoms with Gasteiger partial charge in [-0.25, -0.2) is 4.39 Å². The zero-order chi connectivity index (χ0) is 13.9. The summed E-state index contributed by atoms with van der Waals surface area (Å²) in [6, 6.07) is 6.28. The maximum absolute atomic E-state index is 13.0. The summed E-state index contributed by atoms with van der Waals surface area (Å²) in [5.41, 5.74) is -0.0193. The Hall–Kier alpha value is -0.930. The zero-order valence-electron chi connectivity index (χ0n) is 11.8. The molecule has 0 amide bonds. The van der Waals surface area contributed by atoms with Gasteiger partial charge in [0.15, 0.2) is 0 Å². The molecule has 1 aromatic carbocycles. The molecular formula is C16H23FNO. The Morgan fingerprint density at radius 3 is 2.58 bits per heavy atom. The molecule has 1 atom stereocenters. The smallest absolute Gasteiger partial charge is 0.123 e. The third-order valence-electron chi connectivity index (χ3n) is 3.72. The third-order valence-corrected chi connectivity index (χ3v) is 3.72. The Bertz CT molecular complexity index is 404. The van der Waals surface area contributed by atoms with Crippen molar-refractivity contribution in [2.75, 3.05) is 19.6 Å². The topological polar surface area (TPSA) is 23.5 Å². The first-order valence-electron chi connectivity index (χ1n) is 6.99. The Morgan fingerprint density at radius 1 is 1.26 bits per heavy atom. The van der Waals surface area contributed by atoms with Crippen LogP contribution in [0.2, 0.25) is 0 Å². The van der Waals surface area contributed by atoms with E-state index < -0.39 is 5.60 Å². The minimum atomic E-state index is -0.848. The fourth-order valence-corrected chi connectivity index (χ4v) is 2.86. The van der Waals surface area contributed by atoms with Crippen LogP contribution in [0.4, 0.5) is 4.39 Å². The second-order valence-electron chi connectivity index (χ2n) is 5.91. The lowest BCUT2D eigenvalue weighted by molar-refractivity contribution is 0.00301. The summed E-state index contributed by atoms with van der Waals surface area (Å²) >= 11 is 0. The molecule has 1 unspecified atom stereocenters. The molecule has 3 heteroatoms. The Morgan fingerprint density at radius 2 is 1.95 bits per heavy atom. The monoisotopic (exact) mass is 264 g/mol. The molecule has 1 fully saturated rings. The maximum atomic E-state index is 13.0. The summed E-state index contributed by atoms with van der Waals surface area (Å²) < 4.78 is 13.0. The van der Waals surface area contributed by atoms with E-state index in [9.17, 15) is 9.50 Å². The number of β-amino-alcohol motifs (C(OH)–C–C–N with tert-alkyl or cyclic N) is 1. The molecule has 2 nitrogen and oxygen atoms in total. The van der Waals surface area contributed by atoms with Crippen molar-refractivity contribution in [1.82, 2.24) is 4.90 Å². The van der Waals surface area contributed by atoms with Gasteiger partial charge in [0.2, 0.25) is 0 Å². The molecule has 105 valence electrons. The molecular weight excluding hydrogens is 241 g/mol. The molecule has 1 saturated heterocycles. The molecule has 1 aromatic rings. The van der Waals surface area contributed by atoms with Crippen molar-refractivity contribution >= 4 is 0 Å². The van der Waals surface area contributed by atoms with Crippen LogP contribution in [0.1, 0.15) is 38.7 Å². The Kier molecular flexibility index (Phi) is 4.58. The summed E-state index contributed by atoms with van der Waals surface area (Å²) in [5, 5.41) is 10.9. The highest BCUT2D eigenvalue weighted by Crippen LogP contribution is 2.31. The third kappa shape index (κ3) is 3.77. The predicted molar refractivity (Wildman–Crippen MR) is 75.2 cm³/mol. The zero-order valence-corrected chi connectivity index (χ0v) is 11.8. The van der Waals surface area contributed by atoms with Crippen LogP contribution in [-0.4, -0.2) is 29.6 Å². The van der Waals surface area contributed by atoms with Gasteiger partial charge < -0.3 is 5.11 Å². The van der Waals surface area contributed by atoms with Crippen LogP contribution in [0.25, 0.3) is 0 Å². The SMILES string of the molecule is C[C](C)CN1CCCCC(O)(c2ccc(F)cc2)C1. The molecule has 0 saturated carbocycles. The van der Waals surface area contributed by atoms with Crippen molar-refractivity contribution in [3.63, 3.8) is 0 Å². The van der Waals surface area contributed by atoms with Crippen LogP contribution in [-0.2, 0) is 5.60 Å². The van der Waals surface area contributed by atoms with E-state index in [0.717, 1.165) is 37.9 Å². The van der Waals surface area contributed by atoms with Crippen molar-refractivity contribution in [3.05, 3.63) is 41.6 Å². The van der Waals surface area contributed by atoms with E-state index >= 15 is 0 Å². The molecule has 2 rings (SSSR count). The highest BCUT2D eigenvalue weighted by Gasteiger charge is 2.33. The summed E-state index contributed by atoms with van der Waals surface area (Å²) in [6.45, 7) is 6.80. The van der Waals surface area contributed by atoms with Gasteiger partial charge in [-0.3, -0.25) is 4.90 Å². The first-order valence-corrected chi connectivity index (χ1v) is 6.99. The van der Waals surface area contributed by atoms with Gasteiger partial charge in [-0.05, 0) is 49.4 Å². The van der Waals surface area contributed by atoms with E-state index in [1.807, 2.05) is 0 Å². The van der Waals surface area contributed by atoms with Crippen LogP contribution in [0.3, 0.4) is 0 Å². The summed E-state index contributed by atoms with van der Waals surface area (Å²) in [5.74, 6) is 1.10. The number of rotatable bonds is 3. The molecule has 0 aromatic heterocycles. The number of hydrogen-bond donors (Lipinski definition) is 1. The van der Waals surface area contributed by atoms with Crippen LogP contribution in [0.5, 0.6) is 0 Å². The lowest BCUT2D eigenvalue weighted by Crippen LogP contribution is -2.40. The van der Waals surface area contributed by atoms with Crippen molar-refractivity contribution in [1.29, 1.82) is 0 Å². The van der Waals surface area contributed by atoms with Crippen LogP contribution in [0, 0.1) is 11.7 Å². The Labute approximate surface area is 115 Å². The fraction of sp³-hybridized carbons (Fsp3) is 0.562. The Balaban J connectivity index is 2.17. The minimum absolute atomic E-state index is 0.254. The van der Waals surface area contributed by atoms with E-state index in [1.165, 1.54) is 18.1 Å². The number of aliphatic hydroxyl groups is 1. The number of nitrogens with zero attached hydrogens (tertiary/aromatic N) is 1.